The van der Waals surface area contributed by atoms with Crippen molar-refractivity contribution in [3.05, 3.63) is 131 Å². The molecular weight excluding hydrogens is 472 g/mol. The van der Waals surface area contributed by atoms with Crippen LogP contribution in [0.2, 0.25) is 0 Å². The quantitative estimate of drug-likeness (QED) is 0.259. The Labute approximate surface area is 214 Å². The van der Waals surface area contributed by atoms with Crippen molar-refractivity contribution in [3.8, 4) is 5.75 Å². The second-order valence-corrected chi connectivity index (χ2v) is 9.19. The van der Waals surface area contributed by atoms with Crippen molar-refractivity contribution in [2.75, 3.05) is 4.90 Å². The van der Waals surface area contributed by atoms with E-state index in [1.54, 1.807) is 29.2 Å². The van der Waals surface area contributed by atoms with E-state index < -0.39 is 12.0 Å². The highest BCUT2D eigenvalue weighted by atomic mass is 19.1. The fraction of sp³-hybridized carbons (Fsp3) is 0.194. The molecule has 1 N–H and O–H groups in total. The van der Waals surface area contributed by atoms with Crippen LogP contribution in [0.15, 0.2) is 103 Å². The number of anilines is 1. The smallest absolute Gasteiger partial charge is 0.233 e. The summed E-state index contributed by atoms with van der Waals surface area (Å²) < 4.78 is 33.1. The molecule has 5 rings (SSSR count). The van der Waals surface area contributed by atoms with E-state index >= 15 is 0 Å². The van der Waals surface area contributed by atoms with Gasteiger partial charge in [-0.1, -0.05) is 60.7 Å². The number of benzene rings is 4. The molecule has 0 spiro atoms. The van der Waals surface area contributed by atoms with Gasteiger partial charge in [0.15, 0.2) is 0 Å². The second kappa shape index (κ2) is 10.9. The molecule has 1 aliphatic rings. The lowest BCUT2D eigenvalue weighted by Crippen LogP contribution is -2.55. The summed E-state index contributed by atoms with van der Waals surface area (Å²) in [6.45, 7) is 0.378. The maximum absolute atomic E-state index is 13.6. The van der Waals surface area contributed by atoms with Crippen LogP contribution in [0.4, 0.5) is 14.5 Å². The number of nitrogens with zero attached hydrogens (tertiary/aromatic N) is 1. The molecule has 4 aromatic rings. The fourth-order valence-electron chi connectivity index (χ4n) is 4.86. The molecule has 0 saturated carbocycles. The zero-order valence-corrected chi connectivity index (χ0v) is 20.1. The molecule has 4 aromatic carbocycles. The summed E-state index contributed by atoms with van der Waals surface area (Å²) in [7, 11) is 0. The first-order valence-electron chi connectivity index (χ1n) is 12.3. The molecule has 188 valence electrons. The summed E-state index contributed by atoms with van der Waals surface area (Å²) in [6, 6.07) is 28.7. The minimum absolute atomic E-state index is 0.0965. The maximum atomic E-state index is 13.6. The van der Waals surface area contributed by atoms with Gasteiger partial charge < -0.3 is 14.7 Å². The predicted molar refractivity (Wildman–Crippen MR) is 138 cm³/mol. The summed E-state index contributed by atoms with van der Waals surface area (Å²) in [4.78, 5) is 15.0. The van der Waals surface area contributed by atoms with Crippen LogP contribution in [0.25, 0.3) is 0 Å². The highest BCUT2D eigenvalue weighted by Crippen LogP contribution is 2.48. The van der Waals surface area contributed by atoms with E-state index in [2.05, 4.69) is 0 Å². The van der Waals surface area contributed by atoms with Crippen molar-refractivity contribution in [1.82, 2.24) is 0 Å². The van der Waals surface area contributed by atoms with Gasteiger partial charge in [0, 0.05) is 11.3 Å². The van der Waals surface area contributed by atoms with E-state index in [4.69, 9.17) is 4.74 Å². The van der Waals surface area contributed by atoms with Crippen LogP contribution in [-0.2, 0) is 11.4 Å². The number of β-lactam (4-membered cyclic amide) rings is 1. The Kier molecular flexibility index (Phi) is 7.28. The molecule has 0 bridgehead atoms. The number of halogens is 2. The van der Waals surface area contributed by atoms with E-state index in [1.807, 2.05) is 54.6 Å². The molecule has 6 heteroatoms. The van der Waals surface area contributed by atoms with Gasteiger partial charge in [0.25, 0.3) is 0 Å². The molecule has 1 unspecified atom stereocenters. The Morgan fingerprint density at radius 2 is 1.43 bits per heavy atom. The topological polar surface area (TPSA) is 49.8 Å². The predicted octanol–water partition coefficient (Wildman–Crippen LogP) is 6.76. The molecule has 0 aliphatic carbocycles. The van der Waals surface area contributed by atoms with Gasteiger partial charge >= 0.3 is 0 Å². The molecule has 37 heavy (non-hydrogen) atoms. The Morgan fingerprint density at radius 1 is 0.811 bits per heavy atom. The number of carbonyl (C=O) groups is 1. The van der Waals surface area contributed by atoms with Crippen LogP contribution in [0.5, 0.6) is 5.75 Å². The minimum Gasteiger partial charge on any atom is -0.489 e. The highest BCUT2D eigenvalue weighted by Gasteiger charge is 2.49. The number of carbonyl (C=O) groups excluding carboxylic acids is 1. The van der Waals surface area contributed by atoms with Crippen molar-refractivity contribution in [2.45, 2.75) is 31.6 Å². The van der Waals surface area contributed by atoms with Crippen molar-refractivity contribution >= 4 is 11.6 Å². The number of aliphatic hydroxyl groups excluding tert-OH is 1. The summed E-state index contributed by atoms with van der Waals surface area (Å²) in [6.07, 6.45) is -0.0613. The third kappa shape index (κ3) is 5.39. The molecule has 0 aromatic heterocycles. The molecule has 3 atom stereocenters. The molecule has 1 saturated heterocycles. The van der Waals surface area contributed by atoms with Gasteiger partial charge in [0.2, 0.25) is 5.91 Å². The van der Waals surface area contributed by atoms with Crippen molar-refractivity contribution in [3.63, 3.8) is 0 Å². The Balaban J connectivity index is 1.41. The molecule has 1 aliphatic heterocycles. The highest BCUT2D eigenvalue weighted by molar-refractivity contribution is 6.03. The number of para-hydroxylation sites is 1. The largest absolute Gasteiger partial charge is 0.489 e. The number of aliphatic hydroxyl groups is 1. The maximum Gasteiger partial charge on any atom is 0.233 e. The Morgan fingerprint density at radius 3 is 2.14 bits per heavy atom. The number of hydrogen-bond donors (Lipinski definition) is 1. The monoisotopic (exact) mass is 499 g/mol. The third-order valence-electron chi connectivity index (χ3n) is 6.80. The van der Waals surface area contributed by atoms with E-state index in [-0.39, 0.29) is 23.6 Å². The summed E-state index contributed by atoms with van der Waals surface area (Å²) in [5.41, 5.74) is 3.08. The van der Waals surface area contributed by atoms with Crippen molar-refractivity contribution in [2.24, 2.45) is 5.92 Å². The average Bonchev–Trinajstić information content (AvgIpc) is 2.92. The van der Waals surface area contributed by atoms with E-state index in [0.29, 0.717) is 36.4 Å². The molecule has 0 radical (unpaired) electrons. The molecule has 1 fully saturated rings. The average molecular weight is 500 g/mol. The summed E-state index contributed by atoms with van der Waals surface area (Å²) in [5, 5.41) is 10.7. The van der Waals surface area contributed by atoms with Gasteiger partial charge in [0.1, 0.15) is 24.0 Å². The van der Waals surface area contributed by atoms with Crippen molar-refractivity contribution in [1.29, 1.82) is 0 Å². The lowest BCUT2D eigenvalue weighted by molar-refractivity contribution is -0.131. The van der Waals surface area contributed by atoms with Gasteiger partial charge in [-0.2, -0.15) is 0 Å². The third-order valence-corrected chi connectivity index (χ3v) is 6.80. The van der Waals surface area contributed by atoms with Crippen molar-refractivity contribution < 1.29 is 23.4 Å². The van der Waals surface area contributed by atoms with Crippen LogP contribution >= 0.6 is 0 Å². The zero-order valence-electron chi connectivity index (χ0n) is 20.1. The van der Waals surface area contributed by atoms with E-state index in [0.717, 1.165) is 11.1 Å². The molecule has 1 heterocycles. The SMILES string of the molecule is O=C1[C@H](CCC(O)c2ccc(F)cc2)[C@@H](c2ccccc2OCc2ccccc2)N1c1ccc(F)cc1. The number of rotatable bonds is 9. The first-order chi connectivity index (χ1) is 18.0. The lowest BCUT2D eigenvalue weighted by atomic mass is 9.78. The fourth-order valence-corrected chi connectivity index (χ4v) is 4.86. The Bertz CT molecular complexity index is 1340. The molecule has 4 nitrogen and oxygen atoms in total. The zero-order chi connectivity index (χ0) is 25.8. The number of amides is 1. The molecular formula is C31H27F2NO3. The normalized spacial score (nSPS) is 17.8. The Hall–Kier alpha value is -4.03. The second-order valence-electron chi connectivity index (χ2n) is 9.19. The minimum atomic E-state index is -0.821. The summed E-state index contributed by atoms with van der Waals surface area (Å²) in [5.74, 6) is -0.575. The standard InChI is InChI=1S/C31H27F2NO3/c32-23-12-10-22(11-13-23)28(35)19-18-27-30(34(31(27)36)25-16-14-24(33)15-17-25)26-8-4-5-9-29(26)37-20-21-6-2-1-3-7-21/h1-17,27-28,30,35H,18-20H2/t27-,28?,30-/m1/s1. The van der Waals surface area contributed by atoms with Crippen LogP contribution in [0, 0.1) is 17.6 Å². The first kappa shape index (κ1) is 24.7. The molecule has 1 amide bonds. The van der Waals surface area contributed by atoms with Crippen LogP contribution in [0.3, 0.4) is 0 Å². The van der Waals surface area contributed by atoms with E-state index in [9.17, 15) is 18.7 Å². The van der Waals surface area contributed by atoms with Gasteiger partial charge in [-0.15, -0.1) is 0 Å². The van der Waals surface area contributed by atoms with Crippen LogP contribution in [-0.4, -0.2) is 11.0 Å². The van der Waals surface area contributed by atoms with Gasteiger partial charge in [-0.05, 0) is 66.4 Å². The van der Waals surface area contributed by atoms with Gasteiger partial charge in [0.05, 0.1) is 18.1 Å². The van der Waals surface area contributed by atoms with Crippen LogP contribution in [0.1, 0.15) is 41.7 Å². The van der Waals surface area contributed by atoms with Gasteiger partial charge in [-0.25, -0.2) is 8.78 Å². The first-order valence-corrected chi connectivity index (χ1v) is 12.3. The lowest BCUT2D eigenvalue weighted by Gasteiger charge is -2.48. The number of ether oxygens (including phenoxy) is 1. The van der Waals surface area contributed by atoms with Gasteiger partial charge in [-0.3, -0.25) is 4.79 Å². The number of hydrogen-bond acceptors (Lipinski definition) is 3. The summed E-state index contributed by atoms with van der Waals surface area (Å²) >= 11 is 0. The van der Waals surface area contributed by atoms with Crippen LogP contribution < -0.4 is 9.64 Å². The van der Waals surface area contributed by atoms with E-state index in [1.165, 1.54) is 24.3 Å².